The Morgan fingerprint density at radius 1 is 1.00 bits per heavy atom. The highest BCUT2D eigenvalue weighted by Gasteiger charge is 2.31. The first-order valence-electron chi connectivity index (χ1n) is 8.93. The molecule has 0 saturated carbocycles. The fourth-order valence-electron chi connectivity index (χ4n) is 3.38. The average molecular weight is 418 g/mol. The Hall–Kier alpha value is -2.35. The number of aromatic nitrogens is 1. The molecule has 0 spiro atoms. The second kappa shape index (κ2) is 7.58. The monoisotopic (exact) mass is 417 g/mol. The number of ether oxygens (including phenoxy) is 1. The van der Waals surface area contributed by atoms with Crippen molar-refractivity contribution in [2.75, 3.05) is 38.2 Å². The summed E-state index contributed by atoms with van der Waals surface area (Å²) >= 11 is 6.01. The van der Waals surface area contributed by atoms with E-state index >= 15 is 0 Å². The molecular weight excluding hydrogens is 398 g/mol. The van der Waals surface area contributed by atoms with Gasteiger partial charge in [-0.25, -0.2) is 13.4 Å². The summed E-state index contributed by atoms with van der Waals surface area (Å²) in [5.41, 5.74) is 0.929. The number of hydrogen-bond donors (Lipinski definition) is 0. The van der Waals surface area contributed by atoms with Crippen LogP contribution >= 0.6 is 11.6 Å². The Labute approximate surface area is 169 Å². The molecule has 0 atom stereocenters. The third-order valence-electron chi connectivity index (χ3n) is 4.89. The van der Waals surface area contributed by atoms with Crippen molar-refractivity contribution < 1.29 is 13.2 Å². The number of para-hydroxylation sites is 1. The minimum atomic E-state index is -3.69. The summed E-state index contributed by atoms with van der Waals surface area (Å²) in [7, 11) is -2.24. The van der Waals surface area contributed by atoms with Gasteiger partial charge in [-0.05, 0) is 36.4 Å². The van der Waals surface area contributed by atoms with Gasteiger partial charge in [0.05, 0.1) is 12.6 Å². The molecule has 4 rings (SSSR count). The minimum Gasteiger partial charge on any atom is -0.495 e. The van der Waals surface area contributed by atoms with Crippen LogP contribution in [0.25, 0.3) is 10.9 Å². The van der Waals surface area contributed by atoms with Gasteiger partial charge in [0.25, 0.3) is 0 Å². The average Bonchev–Trinajstić information content (AvgIpc) is 2.73. The zero-order chi connectivity index (χ0) is 19.7. The maximum Gasteiger partial charge on any atom is 0.246 e. The lowest BCUT2D eigenvalue weighted by Crippen LogP contribution is -2.49. The predicted molar refractivity (Wildman–Crippen MR) is 111 cm³/mol. The van der Waals surface area contributed by atoms with Crippen molar-refractivity contribution in [3.63, 3.8) is 0 Å². The Morgan fingerprint density at radius 2 is 1.75 bits per heavy atom. The SMILES string of the molecule is COc1ccc(Cl)cc1S(=O)(=O)N1CCN(c2ccc3ccccc3n2)CC1. The molecule has 1 aromatic heterocycles. The number of hydrogen-bond acceptors (Lipinski definition) is 5. The molecule has 0 bridgehead atoms. The van der Waals surface area contributed by atoms with Crippen molar-refractivity contribution in [1.82, 2.24) is 9.29 Å². The lowest BCUT2D eigenvalue weighted by atomic mass is 10.2. The van der Waals surface area contributed by atoms with E-state index in [0.29, 0.717) is 37.0 Å². The summed E-state index contributed by atoms with van der Waals surface area (Å²) in [5, 5.41) is 1.44. The van der Waals surface area contributed by atoms with Gasteiger partial charge in [0, 0.05) is 36.6 Å². The van der Waals surface area contributed by atoms with E-state index < -0.39 is 10.0 Å². The number of pyridine rings is 1. The van der Waals surface area contributed by atoms with E-state index in [4.69, 9.17) is 21.3 Å². The van der Waals surface area contributed by atoms with Gasteiger partial charge in [-0.3, -0.25) is 0 Å². The van der Waals surface area contributed by atoms with E-state index in [-0.39, 0.29) is 4.90 Å². The highest BCUT2D eigenvalue weighted by Crippen LogP contribution is 2.30. The maximum absolute atomic E-state index is 13.1. The number of halogens is 1. The van der Waals surface area contributed by atoms with E-state index in [1.54, 1.807) is 12.1 Å². The van der Waals surface area contributed by atoms with Crippen molar-refractivity contribution in [2.45, 2.75) is 4.90 Å². The molecule has 1 saturated heterocycles. The fraction of sp³-hybridized carbons (Fsp3) is 0.250. The van der Waals surface area contributed by atoms with E-state index in [1.165, 1.54) is 17.5 Å². The van der Waals surface area contributed by atoms with Crippen molar-refractivity contribution in [2.24, 2.45) is 0 Å². The molecule has 0 aliphatic carbocycles. The number of benzene rings is 2. The molecule has 146 valence electrons. The fourth-order valence-corrected chi connectivity index (χ4v) is 5.22. The molecule has 1 fully saturated rings. The van der Waals surface area contributed by atoms with Crippen LogP contribution in [-0.2, 0) is 10.0 Å². The van der Waals surface area contributed by atoms with Gasteiger partial charge < -0.3 is 9.64 Å². The predicted octanol–water partition coefficient (Wildman–Crippen LogP) is 3.41. The molecule has 2 heterocycles. The molecule has 0 radical (unpaired) electrons. The summed E-state index contributed by atoms with van der Waals surface area (Å²) < 4.78 is 32.9. The van der Waals surface area contributed by atoms with E-state index in [1.807, 2.05) is 36.4 Å². The van der Waals surface area contributed by atoms with Crippen molar-refractivity contribution in [1.29, 1.82) is 0 Å². The van der Waals surface area contributed by atoms with Crippen LogP contribution in [0, 0.1) is 0 Å². The lowest BCUT2D eigenvalue weighted by molar-refractivity contribution is 0.373. The first-order valence-corrected chi connectivity index (χ1v) is 10.8. The van der Waals surface area contributed by atoms with Crippen molar-refractivity contribution in [3.05, 3.63) is 59.6 Å². The Balaban J connectivity index is 1.54. The summed E-state index contributed by atoms with van der Waals surface area (Å²) in [4.78, 5) is 6.91. The van der Waals surface area contributed by atoms with Gasteiger partial charge >= 0.3 is 0 Å². The van der Waals surface area contributed by atoms with Gasteiger partial charge in [0.15, 0.2) is 0 Å². The summed E-state index contributed by atoms with van der Waals surface area (Å²) in [6.07, 6.45) is 0. The zero-order valence-corrected chi connectivity index (χ0v) is 16.9. The van der Waals surface area contributed by atoms with Gasteiger partial charge in [-0.15, -0.1) is 0 Å². The zero-order valence-electron chi connectivity index (χ0n) is 15.4. The first-order chi connectivity index (χ1) is 13.5. The Bertz CT molecular complexity index is 1110. The Kier molecular flexibility index (Phi) is 5.14. The molecule has 8 heteroatoms. The highest BCUT2D eigenvalue weighted by molar-refractivity contribution is 7.89. The van der Waals surface area contributed by atoms with Crippen molar-refractivity contribution >= 4 is 38.3 Å². The minimum absolute atomic E-state index is 0.0970. The molecule has 2 aromatic carbocycles. The number of anilines is 1. The smallest absolute Gasteiger partial charge is 0.246 e. The molecule has 6 nitrogen and oxygen atoms in total. The van der Waals surface area contributed by atoms with E-state index in [9.17, 15) is 8.42 Å². The number of sulfonamides is 1. The molecule has 1 aliphatic rings. The van der Waals surface area contributed by atoms with Crippen LogP contribution in [0.15, 0.2) is 59.5 Å². The summed E-state index contributed by atoms with van der Waals surface area (Å²) in [6.45, 7) is 1.86. The number of rotatable bonds is 4. The summed E-state index contributed by atoms with van der Waals surface area (Å²) in [6, 6.07) is 16.6. The van der Waals surface area contributed by atoms with Crippen LogP contribution in [0.2, 0.25) is 5.02 Å². The third-order valence-corrected chi connectivity index (χ3v) is 7.04. The van der Waals surface area contributed by atoms with Crippen LogP contribution in [0.5, 0.6) is 5.75 Å². The van der Waals surface area contributed by atoms with Gasteiger partial charge in [0.1, 0.15) is 16.5 Å². The topological polar surface area (TPSA) is 62.7 Å². The van der Waals surface area contributed by atoms with Gasteiger partial charge in [-0.2, -0.15) is 4.31 Å². The highest BCUT2D eigenvalue weighted by atomic mass is 35.5. The quantitative estimate of drug-likeness (QED) is 0.651. The van der Waals surface area contributed by atoms with Crippen LogP contribution in [0.4, 0.5) is 5.82 Å². The third kappa shape index (κ3) is 3.53. The van der Waals surface area contributed by atoms with Crippen LogP contribution in [0.3, 0.4) is 0 Å². The molecule has 28 heavy (non-hydrogen) atoms. The largest absolute Gasteiger partial charge is 0.495 e. The normalized spacial score (nSPS) is 15.7. The number of fused-ring (bicyclic) bond motifs is 1. The summed E-state index contributed by atoms with van der Waals surface area (Å²) in [5.74, 6) is 1.15. The molecular formula is C20H20ClN3O3S. The number of piperazine rings is 1. The Morgan fingerprint density at radius 3 is 2.50 bits per heavy atom. The molecule has 0 amide bonds. The number of nitrogens with zero attached hydrogens (tertiary/aromatic N) is 3. The standard InChI is InChI=1S/C20H20ClN3O3S/c1-27-18-8-7-16(21)14-19(18)28(25,26)24-12-10-23(11-13-24)20-9-6-15-4-2-3-5-17(15)22-20/h2-9,14H,10-13H2,1H3. The molecule has 0 unspecified atom stereocenters. The molecule has 3 aromatic rings. The van der Waals surface area contributed by atoms with E-state index in [0.717, 1.165) is 16.7 Å². The molecule has 0 N–H and O–H groups in total. The molecule has 1 aliphatic heterocycles. The van der Waals surface area contributed by atoms with Gasteiger partial charge in [-0.1, -0.05) is 29.8 Å². The second-order valence-electron chi connectivity index (χ2n) is 6.55. The lowest BCUT2D eigenvalue weighted by Gasteiger charge is -2.35. The van der Waals surface area contributed by atoms with Gasteiger partial charge in [0.2, 0.25) is 10.0 Å². The second-order valence-corrected chi connectivity index (χ2v) is 8.89. The van der Waals surface area contributed by atoms with Crippen LogP contribution in [-0.4, -0.2) is 51.0 Å². The maximum atomic E-state index is 13.1. The van der Waals surface area contributed by atoms with Crippen molar-refractivity contribution in [3.8, 4) is 5.75 Å². The first kappa shape index (κ1) is 19.0. The van der Waals surface area contributed by atoms with Crippen LogP contribution in [0.1, 0.15) is 0 Å². The number of methoxy groups -OCH3 is 1. The van der Waals surface area contributed by atoms with Crippen LogP contribution < -0.4 is 9.64 Å². The van der Waals surface area contributed by atoms with E-state index in [2.05, 4.69) is 4.90 Å².